The van der Waals surface area contributed by atoms with Crippen molar-refractivity contribution in [3.8, 4) is 0 Å². The molecule has 1 aliphatic carbocycles. The van der Waals surface area contributed by atoms with Gasteiger partial charge in [-0.2, -0.15) is 0 Å². The number of aromatic nitrogens is 2. The van der Waals surface area contributed by atoms with Crippen molar-refractivity contribution >= 4 is 38.4 Å². The summed E-state index contributed by atoms with van der Waals surface area (Å²) in [6.45, 7) is 10.6. The topological polar surface area (TPSA) is 70.6 Å². The fraction of sp³-hybridized carbons (Fsp3) is 0.625. The van der Waals surface area contributed by atoms with Crippen LogP contribution in [0.25, 0.3) is 0 Å². The van der Waals surface area contributed by atoms with E-state index in [9.17, 15) is 4.79 Å². The number of hydrogen-bond donors (Lipinski definition) is 1. The Morgan fingerprint density at radius 1 is 1.24 bits per heavy atom. The van der Waals surface area contributed by atoms with Crippen molar-refractivity contribution < 1.29 is 9.53 Å². The zero-order valence-electron chi connectivity index (χ0n) is 19.9. The smallest absolute Gasteiger partial charge is 0.324 e. The van der Waals surface area contributed by atoms with Crippen LogP contribution in [0.15, 0.2) is 29.9 Å². The number of amides is 2. The number of carbonyl (C=O) groups is 1. The maximum Gasteiger partial charge on any atom is 0.324 e. The molecule has 2 fully saturated rings. The Morgan fingerprint density at radius 2 is 1.91 bits per heavy atom. The van der Waals surface area contributed by atoms with E-state index in [1.807, 2.05) is 11.3 Å². The van der Waals surface area contributed by atoms with Gasteiger partial charge in [-0.3, -0.25) is 4.90 Å². The Balaban J connectivity index is 1.49. The van der Waals surface area contributed by atoms with Crippen LogP contribution in [0.4, 0.5) is 16.4 Å². The van der Waals surface area contributed by atoms with E-state index >= 15 is 0 Å². The molecule has 1 atom stereocenters. The van der Waals surface area contributed by atoms with E-state index in [1.165, 1.54) is 4.88 Å². The summed E-state index contributed by atoms with van der Waals surface area (Å²) in [6, 6.07) is 4.32. The van der Waals surface area contributed by atoms with Crippen molar-refractivity contribution in [2.75, 3.05) is 42.6 Å². The molecule has 1 N–H and O–H groups in total. The number of hydrogen-bond acceptors (Lipinski definition) is 6. The van der Waals surface area contributed by atoms with Crippen molar-refractivity contribution in [3.63, 3.8) is 0 Å². The number of urea groups is 1. The molecule has 2 amide bonds. The second-order valence-corrected chi connectivity index (χ2v) is 11.2. The standard InChI is InChI=1S/C24H36N5O2PS/c1-18(2)24(20-5-4-14-33-20)8-6-23(3,7-9-24)17-29(22(30)27-32)19-15-25-21(26-16-19)28-10-12-31-13-11-28/h4-5,14-16,18H,6-13,17,32H2,1-3H3,(H,27,30)/t23-,24+. The first kappa shape index (κ1) is 24.4. The number of morpholine rings is 1. The summed E-state index contributed by atoms with van der Waals surface area (Å²) in [5, 5.41) is 4.92. The van der Waals surface area contributed by atoms with Gasteiger partial charge in [0.2, 0.25) is 5.95 Å². The number of carbonyl (C=O) groups excluding carboxylic acids is 1. The molecule has 2 aromatic rings. The molecule has 2 aliphatic rings. The highest BCUT2D eigenvalue weighted by molar-refractivity contribution is 7.15. The third kappa shape index (κ3) is 5.18. The van der Waals surface area contributed by atoms with Crippen molar-refractivity contribution in [1.29, 1.82) is 0 Å². The molecule has 1 unspecified atom stereocenters. The van der Waals surface area contributed by atoms with Crippen LogP contribution in [-0.2, 0) is 10.2 Å². The first-order chi connectivity index (χ1) is 15.9. The summed E-state index contributed by atoms with van der Waals surface area (Å²) in [7, 11) is 2.33. The quantitative estimate of drug-likeness (QED) is 0.587. The van der Waals surface area contributed by atoms with Crippen molar-refractivity contribution in [1.82, 2.24) is 15.1 Å². The summed E-state index contributed by atoms with van der Waals surface area (Å²) in [5.74, 6) is 1.28. The zero-order valence-corrected chi connectivity index (χ0v) is 21.9. The van der Waals surface area contributed by atoms with Crippen molar-refractivity contribution in [2.24, 2.45) is 11.3 Å². The van der Waals surface area contributed by atoms with E-state index in [4.69, 9.17) is 4.74 Å². The lowest BCUT2D eigenvalue weighted by molar-refractivity contribution is 0.118. The molecule has 1 saturated heterocycles. The molecule has 180 valence electrons. The lowest BCUT2D eigenvalue weighted by atomic mass is 9.59. The monoisotopic (exact) mass is 489 g/mol. The Morgan fingerprint density at radius 3 is 2.45 bits per heavy atom. The fourth-order valence-corrected chi connectivity index (χ4v) is 6.54. The summed E-state index contributed by atoms with van der Waals surface area (Å²) < 4.78 is 5.42. The normalized spacial score (nSPS) is 25.8. The van der Waals surface area contributed by atoms with Crippen LogP contribution in [0.1, 0.15) is 51.3 Å². The minimum absolute atomic E-state index is 0.0374. The highest BCUT2D eigenvalue weighted by Gasteiger charge is 2.45. The first-order valence-electron chi connectivity index (χ1n) is 11.8. The molecule has 33 heavy (non-hydrogen) atoms. The number of thiophene rings is 1. The molecule has 0 aromatic carbocycles. The van der Waals surface area contributed by atoms with Gasteiger partial charge < -0.3 is 14.7 Å². The predicted molar refractivity (Wildman–Crippen MR) is 138 cm³/mol. The number of anilines is 2. The SMILES string of the molecule is CC(C)[C@]1(c2cccs2)CC[C@@](C)(CN(C(=O)NP)c2cnc(N3CCOCC3)nc2)CC1. The molecule has 0 spiro atoms. The molecule has 2 aromatic heterocycles. The molecule has 0 bridgehead atoms. The molecule has 1 saturated carbocycles. The van der Waals surface area contributed by atoms with E-state index in [1.54, 1.807) is 17.3 Å². The van der Waals surface area contributed by atoms with Gasteiger partial charge in [-0.1, -0.05) is 26.8 Å². The highest BCUT2D eigenvalue weighted by atomic mass is 32.1. The number of nitrogens with zero attached hydrogens (tertiary/aromatic N) is 4. The zero-order chi connectivity index (χ0) is 23.5. The van der Waals surface area contributed by atoms with Crippen LogP contribution in [0.5, 0.6) is 0 Å². The van der Waals surface area contributed by atoms with Crippen LogP contribution < -0.4 is 14.9 Å². The lowest BCUT2D eigenvalue weighted by Gasteiger charge is -2.48. The van der Waals surface area contributed by atoms with E-state index in [0.29, 0.717) is 31.6 Å². The summed E-state index contributed by atoms with van der Waals surface area (Å²) >= 11 is 1.88. The van der Waals surface area contributed by atoms with Gasteiger partial charge in [0.15, 0.2) is 0 Å². The lowest BCUT2D eigenvalue weighted by Crippen LogP contribution is -2.47. The molecule has 1 aliphatic heterocycles. The number of ether oxygens (including phenoxy) is 1. The van der Waals surface area contributed by atoms with Gasteiger partial charge in [0.1, 0.15) is 0 Å². The molecule has 9 heteroatoms. The van der Waals surface area contributed by atoms with Gasteiger partial charge in [-0.15, -0.1) is 11.3 Å². The Bertz CT molecular complexity index is 907. The van der Waals surface area contributed by atoms with E-state index in [2.05, 4.69) is 67.6 Å². The first-order valence-corrected chi connectivity index (χ1v) is 13.3. The van der Waals surface area contributed by atoms with Crippen LogP contribution >= 0.6 is 20.7 Å². The summed E-state index contributed by atoms with van der Waals surface area (Å²) in [4.78, 5) is 27.4. The largest absolute Gasteiger partial charge is 0.378 e. The van der Waals surface area contributed by atoms with Crippen LogP contribution in [0.2, 0.25) is 0 Å². The number of rotatable bonds is 6. The van der Waals surface area contributed by atoms with Crippen LogP contribution in [-0.4, -0.2) is 48.8 Å². The minimum atomic E-state index is -0.150. The molecule has 7 nitrogen and oxygen atoms in total. The minimum Gasteiger partial charge on any atom is -0.378 e. The van der Waals surface area contributed by atoms with Crippen molar-refractivity contribution in [2.45, 2.75) is 51.9 Å². The summed E-state index contributed by atoms with van der Waals surface area (Å²) in [5.41, 5.74) is 1.01. The molecule has 4 rings (SSSR count). The average molecular weight is 490 g/mol. The maximum atomic E-state index is 12.9. The van der Waals surface area contributed by atoms with Gasteiger partial charge >= 0.3 is 6.03 Å². The Hall–Kier alpha value is -1.76. The van der Waals surface area contributed by atoms with Crippen molar-refractivity contribution in [3.05, 3.63) is 34.8 Å². The van der Waals surface area contributed by atoms with Gasteiger partial charge in [-0.05, 0) is 57.9 Å². The Labute approximate surface area is 203 Å². The van der Waals surface area contributed by atoms with E-state index < -0.39 is 0 Å². The highest BCUT2D eigenvalue weighted by Crippen LogP contribution is 2.52. The fourth-order valence-electron chi connectivity index (χ4n) is 5.25. The maximum absolute atomic E-state index is 12.9. The third-order valence-electron chi connectivity index (χ3n) is 7.61. The van der Waals surface area contributed by atoms with Gasteiger partial charge in [0, 0.05) is 29.9 Å². The third-order valence-corrected chi connectivity index (χ3v) is 8.94. The van der Waals surface area contributed by atoms with Crippen LogP contribution in [0, 0.1) is 11.3 Å². The Kier molecular flexibility index (Phi) is 7.56. The van der Waals surface area contributed by atoms with Gasteiger partial charge in [0.05, 0.1) is 31.3 Å². The van der Waals surface area contributed by atoms with Gasteiger partial charge in [-0.25, -0.2) is 14.8 Å². The van der Waals surface area contributed by atoms with E-state index in [0.717, 1.165) is 44.5 Å². The number of nitrogens with one attached hydrogen (secondary N) is 1. The summed E-state index contributed by atoms with van der Waals surface area (Å²) in [6.07, 6.45) is 7.99. The average Bonchev–Trinajstić information content (AvgIpc) is 3.39. The van der Waals surface area contributed by atoms with Crippen LogP contribution in [0.3, 0.4) is 0 Å². The molecule has 3 heterocycles. The second-order valence-electron chi connectivity index (χ2n) is 9.98. The second kappa shape index (κ2) is 10.2. The molecular weight excluding hydrogens is 453 g/mol. The van der Waals surface area contributed by atoms with E-state index in [-0.39, 0.29) is 16.9 Å². The molecule has 0 radical (unpaired) electrons. The van der Waals surface area contributed by atoms with Gasteiger partial charge in [0.25, 0.3) is 0 Å². The predicted octanol–water partition coefficient (Wildman–Crippen LogP) is 4.86. The molecular formula is C24H36N5O2PS.